The van der Waals surface area contributed by atoms with Gasteiger partial charge in [0.1, 0.15) is 11.6 Å². The second kappa shape index (κ2) is 10.3. The predicted octanol–water partition coefficient (Wildman–Crippen LogP) is 6.90. The summed E-state index contributed by atoms with van der Waals surface area (Å²) in [6.07, 6.45) is -6.35. The number of amides is 1. The van der Waals surface area contributed by atoms with Crippen LogP contribution in [0.25, 0.3) is 22.4 Å². The van der Waals surface area contributed by atoms with E-state index < -0.39 is 29.0 Å². The van der Waals surface area contributed by atoms with Crippen LogP contribution in [0.1, 0.15) is 33.4 Å². The standard InChI is InChI=1S/C29H22F3N3O3/c1-16-9-10-18(17(2)11-16)14-23-25(29(30,31)32)24(15-33)27(36)35-26(23)21-7-3-5-19(12-21)20-6-4-8-22(13-20)34-28(37)38/h3-13,34H,14H2,1-2H3,(H,35,36)(H,37,38). The molecule has 1 amide bonds. The third-order valence-electron chi connectivity index (χ3n) is 6.18. The molecule has 0 radical (unpaired) electrons. The third kappa shape index (κ3) is 5.44. The predicted molar refractivity (Wildman–Crippen MR) is 138 cm³/mol. The number of benzene rings is 3. The Balaban J connectivity index is 1.95. The summed E-state index contributed by atoms with van der Waals surface area (Å²) >= 11 is 0. The summed E-state index contributed by atoms with van der Waals surface area (Å²) in [5, 5.41) is 20.7. The van der Waals surface area contributed by atoms with Gasteiger partial charge >= 0.3 is 12.3 Å². The Bertz CT molecular complexity index is 1650. The molecule has 0 bridgehead atoms. The summed E-state index contributed by atoms with van der Waals surface area (Å²) in [5.41, 5.74) is 0.587. The molecule has 0 unspecified atom stereocenters. The van der Waals surface area contributed by atoms with Crippen molar-refractivity contribution in [2.24, 2.45) is 0 Å². The first-order chi connectivity index (χ1) is 18.0. The topological polar surface area (TPSA) is 106 Å². The molecule has 1 heterocycles. The van der Waals surface area contributed by atoms with E-state index in [1.807, 2.05) is 13.0 Å². The van der Waals surface area contributed by atoms with Crippen molar-refractivity contribution in [2.75, 3.05) is 5.32 Å². The van der Waals surface area contributed by atoms with Crippen molar-refractivity contribution in [1.82, 2.24) is 4.98 Å². The van der Waals surface area contributed by atoms with Crippen LogP contribution in [0.5, 0.6) is 0 Å². The highest BCUT2D eigenvalue weighted by atomic mass is 19.4. The molecule has 6 nitrogen and oxygen atoms in total. The van der Waals surface area contributed by atoms with Crippen LogP contribution in [-0.4, -0.2) is 16.2 Å². The molecule has 9 heteroatoms. The molecular weight excluding hydrogens is 495 g/mol. The van der Waals surface area contributed by atoms with Crippen molar-refractivity contribution in [3.8, 4) is 28.5 Å². The molecule has 4 rings (SSSR count). The number of carbonyl (C=O) groups is 1. The molecular formula is C29H22F3N3O3. The zero-order valence-corrected chi connectivity index (χ0v) is 20.4. The van der Waals surface area contributed by atoms with Crippen LogP contribution in [-0.2, 0) is 12.6 Å². The number of nitriles is 1. The van der Waals surface area contributed by atoms with Gasteiger partial charge in [-0.2, -0.15) is 18.4 Å². The van der Waals surface area contributed by atoms with Gasteiger partial charge in [-0.25, -0.2) is 4.79 Å². The van der Waals surface area contributed by atoms with Crippen molar-refractivity contribution in [2.45, 2.75) is 26.4 Å². The van der Waals surface area contributed by atoms with Gasteiger partial charge in [0, 0.05) is 12.1 Å². The maximum atomic E-state index is 14.4. The number of aromatic amines is 1. The zero-order chi connectivity index (χ0) is 27.6. The Kier molecular flexibility index (Phi) is 7.08. The van der Waals surface area contributed by atoms with Crippen LogP contribution in [0.2, 0.25) is 0 Å². The van der Waals surface area contributed by atoms with Gasteiger partial charge in [0.2, 0.25) is 0 Å². The minimum Gasteiger partial charge on any atom is -0.465 e. The fourth-order valence-electron chi connectivity index (χ4n) is 4.47. The Morgan fingerprint density at radius 3 is 2.29 bits per heavy atom. The fraction of sp³-hybridized carbons (Fsp3) is 0.138. The summed E-state index contributed by atoms with van der Waals surface area (Å²) < 4.78 is 43.1. The minimum atomic E-state index is -4.95. The number of hydrogen-bond acceptors (Lipinski definition) is 3. The van der Waals surface area contributed by atoms with Crippen molar-refractivity contribution >= 4 is 11.8 Å². The molecule has 38 heavy (non-hydrogen) atoms. The third-order valence-corrected chi connectivity index (χ3v) is 6.18. The SMILES string of the molecule is Cc1ccc(Cc2c(-c3cccc(-c4cccc(NC(=O)O)c4)c3)[nH]c(=O)c(C#N)c2C(F)(F)F)c(C)c1. The first-order valence-corrected chi connectivity index (χ1v) is 11.5. The second-order valence-electron chi connectivity index (χ2n) is 8.87. The van der Waals surface area contributed by atoms with Crippen molar-refractivity contribution in [3.63, 3.8) is 0 Å². The number of rotatable bonds is 5. The Hall–Kier alpha value is -4.84. The van der Waals surface area contributed by atoms with E-state index in [0.29, 0.717) is 27.9 Å². The van der Waals surface area contributed by atoms with Crippen LogP contribution in [0.3, 0.4) is 0 Å². The Morgan fingerprint density at radius 2 is 1.66 bits per heavy atom. The lowest BCUT2D eigenvalue weighted by Crippen LogP contribution is -2.23. The van der Waals surface area contributed by atoms with E-state index in [4.69, 9.17) is 5.11 Å². The van der Waals surface area contributed by atoms with Gasteiger partial charge in [-0.3, -0.25) is 10.1 Å². The molecule has 3 N–H and O–H groups in total. The van der Waals surface area contributed by atoms with Crippen LogP contribution in [0, 0.1) is 25.2 Å². The Morgan fingerprint density at radius 1 is 1.00 bits per heavy atom. The van der Waals surface area contributed by atoms with Gasteiger partial charge < -0.3 is 10.1 Å². The molecule has 0 aliphatic heterocycles. The fourth-order valence-corrected chi connectivity index (χ4v) is 4.47. The van der Waals surface area contributed by atoms with E-state index in [-0.39, 0.29) is 17.7 Å². The molecule has 3 aromatic carbocycles. The highest BCUT2D eigenvalue weighted by Crippen LogP contribution is 2.39. The molecule has 0 saturated heterocycles. The van der Waals surface area contributed by atoms with E-state index in [9.17, 15) is 28.0 Å². The first kappa shape index (κ1) is 26.2. The number of nitrogens with one attached hydrogen (secondary N) is 2. The van der Waals surface area contributed by atoms with E-state index in [2.05, 4.69) is 10.3 Å². The summed E-state index contributed by atoms with van der Waals surface area (Å²) in [5.74, 6) is 0. The average Bonchev–Trinajstić information content (AvgIpc) is 2.85. The van der Waals surface area contributed by atoms with Crippen LogP contribution in [0.15, 0.2) is 71.5 Å². The van der Waals surface area contributed by atoms with Crippen molar-refractivity contribution in [3.05, 3.63) is 110 Å². The molecule has 0 aliphatic carbocycles. The monoisotopic (exact) mass is 517 g/mol. The highest BCUT2D eigenvalue weighted by Gasteiger charge is 2.39. The second-order valence-corrected chi connectivity index (χ2v) is 8.87. The summed E-state index contributed by atoms with van der Waals surface area (Å²) in [4.78, 5) is 26.2. The molecule has 0 fully saturated rings. The number of hydrogen-bond donors (Lipinski definition) is 3. The highest BCUT2D eigenvalue weighted by molar-refractivity contribution is 5.85. The van der Waals surface area contributed by atoms with Gasteiger partial charge in [0.15, 0.2) is 0 Å². The number of pyridine rings is 1. The van der Waals surface area contributed by atoms with Crippen LogP contribution >= 0.6 is 0 Å². The maximum absolute atomic E-state index is 14.4. The van der Waals surface area contributed by atoms with Gasteiger partial charge in [0.05, 0.1) is 11.3 Å². The smallest absolute Gasteiger partial charge is 0.418 e. The normalized spacial score (nSPS) is 11.2. The molecule has 0 atom stereocenters. The van der Waals surface area contributed by atoms with Gasteiger partial charge in [-0.1, -0.05) is 54.1 Å². The van der Waals surface area contributed by atoms with Gasteiger partial charge in [0.25, 0.3) is 5.56 Å². The van der Waals surface area contributed by atoms with E-state index in [0.717, 1.165) is 11.1 Å². The number of H-pyrrole nitrogens is 1. The van der Waals surface area contributed by atoms with Gasteiger partial charge in [-0.05, 0) is 65.4 Å². The summed E-state index contributed by atoms with van der Waals surface area (Å²) in [6, 6.07) is 19.9. The largest absolute Gasteiger partial charge is 0.465 e. The molecule has 192 valence electrons. The Labute approximate surface area is 216 Å². The minimum absolute atomic E-state index is 0.0389. The van der Waals surface area contributed by atoms with E-state index >= 15 is 0 Å². The lowest BCUT2D eigenvalue weighted by Gasteiger charge is -2.19. The van der Waals surface area contributed by atoms with Gasteiger partial charge in [-0.15, -0.1) is 0 Å². The number of halogens is 3. The lowest BCUT2D eigenvalue weighted by atomic mass is 9.89. The van der Waals surface area contributed by atoms with E-state index in [1.165, 1.54) is 6.07 Å². The van der Waals surface area contributed by atoms with Crippen LogP contribution in [0.4, 0.5) is 23.7 Å². The zero-order valence-electron chi connectivity index (χ0n) is 20.4. The molecule has 0 aliphatic rings. The molecule has 4 aromatic rings. The summed E-state index contributed by atoms with van der Waals surface area (Å²) in [7, 11) is 0. The molecule has 1 aromatic heterocycles. The number of nitrogens with zero attached hydrogens (tertiary/aromatic N) is 1. The summed E-state index contributed by atoms with van der Waals surface area (Å²) in [6.45, 7) is 3.68. The van der Waals surface area contributed by atoms with E-state index in [1.54, 1.807) is 67.6 Å². The lowest BCUT2D eigenvalue weighted by molar-refractivity contribution is -0.138. The first-order valence-electron chi connectivity index (χ1n) is 11.5. The van der Waals surface area contributed by atoms with Crippen molar-refractivity contribution < 1.29 is 23.1 Å². The molecule has 0 saturated carbocycles. The van der Waals surface area contributed by atoms with Crippen LogP contribution < -0.4 is 10.9 Å². The number of carboxylic acid groups (broad SMARTS) is 1. The molecule has 0 spiro atoms. The number of alkyl halides is 3. The number of aryl methyl sites for hydroxylation is 2. The maximum Gasteiger partial charge on any atom is 0.418 e. The number of aromatic nitrogens is 1. The number of anilines is 1. The van der Waals surface area contributed by atoms with Crippen molar-refractivity contribution in [1.29, 1.82) is 5.26 Å². The average molecular weight is 518 g/mol. The quantitative estimate of drug-likeness (QED) is 0.268.